The minimum atomic E-state index is -0.783. The Balaban J connectivity index is 1.42. The molecular weight excluding hydrogens is 423 g/mol. The van der Waals surface area contributed by atoms with Gasteiger partial charge in [0.15, 0.2) is 0 Å². The Morgan fingerprint density at radius 2 is 2.03 bits per heavy atom. The third kappa shape index (κ3) is 3.73. The summed E-state index contributed by atoms with van der Waals surface area (Å²) < 4.78 is 24.6. The summed E-state index contributed by atoms with van der Waals surface area (Å²) in [4.78, 5) is 26.3. The van der Waals surface area contributed by atoms with Gasteiger partial charge in [0, 0.05) is 16.9 Å². The lowest BCUT2D eigenvalue weighted by atomic mass is 10.1. The first-order valence-corrected chi connectivity index (χ1v) is 10.3. The van der Waals surface area contributed by atoms with E-state index in [-0.39, 0.29) is 18.5 Å². The molecule has 0 fully saturated rings. The average Bonchev–Trinajstić information content (AvgIpc) is 3.55. The number of furan rings is 1. The van der Waals surface area contributed by atoms with E-state index in [2.05, 4.69) is 10.2 Å². The lowest BCUT2D eigenvalue weighted by molar-refractivity contribution is -0.133. The second kappa shape index (κ2) is 7.80. The van der Waals surface area contributed by atoms with Crippen molar-refractivity contribution >= 4 is 23.0 Å². The number of hydrazone groups is 1. The van der Waals surface area contributed by atoms with Gasteiger partial charge in [0.1, 0.15) is 23.8 Å². The summed E-state index contributed by atoms with van der Waals surface area (Å²) >= 11 is 1.52. The number of benzene rings is 1. The topological polar surface area (TPSA) is 93.8 Å². The molecule has 1 aliphatic rings. The number of hydrogen-bond donors (Lipinski definition) is 0. The predicted octanol–water partition coefficient (Wildman–Crippen LogP) is 3.67. The van der Waals surface area contributed by atoms with Gasteiger partial charge in [-0.05, 0) is 47.8 Å². The fourth-order valence-corrected chi connectivity index (χ4v) is 4.16. The molecule has 0 N–H and O–H groups in total. The van der Waals surface area contributed by atoms with Crippen molar-refractivity contribution in [2.24, 2.45) is 5.10 Å². The number of carbonyl (C=O) groups is 1. The zero-order valence-electron chi connectivity index (χ0n) is 16.0. The van der Waals surface area contributed by atoms with Crippen LogP contribution in [-0.2, 0) is 11.3 Å². The molecule has 1 aromatic carbocycles. The molecule has 1 aliphatic heterocycles. The van der Waals surface area contributed by atoms with Gasteiger partial charge < -0.3 is 8.83 Å². The highest BCUT2D eigenvalue weighted by molar-refractivity contribution is 7.10. The summed E-state index contributed by atoms with van der Waals surface area (Å²) in [6.07, 6.45) is 2.04. The van der Waals surface area contributed by atoms with Crippen LogP contribution in [0.25, 0.3) is 11.5 Å². The predicted molar refractivity (Wildman–Crippen MR) is 110 cm³/mol. The number of halogens is 1. The van der Waals surface area contributed by atoms with E-state index < -0.39 is 17.5 Å². The molecule has 0 unspecified atom stereocenters. The van der Waals surface area contributed by atoms with E-state index in [0.717, 1.165) is 9.56 Å². The highest BCUT2D eigenvalue weighted by Crippen LogP contribution is 2.35. The summed E-state index contributed by atoms with van der Waals surface area (Å²) in [6, 6.07) is 12.5. The van der Waals surface area contributed by atoms with Crippen molar-refractivity contribution in [3.8, 4) is 11.5 Å². The number of carbonyl (C=O) groups excluding carboxylic acids is 1. The van der Waals surface area contributed by atoms with Crippen molar-refractivity contribution in [2.75, 3.05) is 0 Å². The molecule has 1 amide bonds. The highest BCUT2D eigenvalue weighted by atomic mass is 32.1. The van der Waals surface area contributed by atoms with Crippen molar-refractivity contribution in [1.82, 2.24) is 14.8 Å². The van der Waals surface area contributed by atoms with E-state index in [1.807, 2.05) is 17.5 Å². The fourth-order valence-electron chi connectivity index (χ4n) is 3.35. The second-order valence-electron chi connectivity index (χ2n) is 6.84. The molecule has 0 bridgehead atoms. The third-order valence-electron chi connectivity index (χ3n) is 4.83. The van der Waals surface area contributed by atoms with Gasteiger partial charge in [0.05, 0.1) is 12.3 Å². The van der Waals surface area contributed by atoms with Crippen LogP contribution >= 0.6 is 11.3 Å². The molecule has 10 heteroatoms. The molecule has 0 saturated heterocycles. The first-order chi connectivity index (χ1) is 15.1. The maximum absolute atomic E-state index is 13.1. The van der Waals surface area contributed by atoms with Gasteiger partial charge in [0.25, 0.3) is 5.91 Å². The highest BCUT2D eigenvalue weighted by Gasteiger charge is 2.35. The molecule has 31 heavy (non-hydrogen) atoms. The monoisotopic (exact) mass is 438 g/mol. The second-order valence-corrected chi connectivity index (χ2v) is 7.81. The van der Waals surface area contributed by atoms with E-state index in [9.17, 15) is 14.0 Å². The Morgan fingerprint density at radius 3 is 2.74 bits per heavy atom. The minimum Gasteiger partial charge on any atom is -0.463 e. The molecule has 4 aromatic rings. The number of aromatic nitrogens is 2. The average molecular weight is 438 g/mol. The minimum absolute atomic E-state index is 0.00815. The zero-order valence-corrected chi connectivity index (χ0v) is 16.8. The summed E-state index contributed by atoms with van der Waals surface area (Å²) in [5.41, 5.74) is 1.08. The smallest absolute Gasteiger partial charge is 0.437 e. The lowest BCUT2D eigenvalue weighted by Gasteiger charge is -2.20. The van der Waals surface area contributed by atoms with Gasteiger partial charge in [-0.3, -0.25) is 4.79 Å². The van der Waals surface area contributed by atoms with Crippen LogP contribution in [0, 0.1) is 5.82 Å². The first kappa shape index (κ1) is 19.2. The van der Waals surface area contributed by atoms with Gasteiger partial charge in [-0.2, -0.15) is 9.78 Å². The molecule has 5 rings (SSSR count). The van der Waals surface area contributed by atoms with Crippen molar-refractivity contribution in [3.05, 3.63) is 87.2 Å². The third-order valence-corrected chi connectivity index (χ3v) is 5.80. The maximum Gasteiger partial charge on any atom is 0.437 e. The standard InChI is InChI=1S/C21H15FN4O4S/c22-14-7-5-13(6-8-14)20-24-25(21(28)30-20)12-19(27)26-16(18-4-2-10-31-18)11-15(23-26)17-3-1-9-29-17/h1-10,16H,11-12H2/t16-/m1/s1. The van der Waals surface area contributed by atoms with Crippen LogP contribution in [0.1, 0.15) is 23.1 Å². The van der Waals surface area contributed by atoms with Gasteiger partial charge >= 0.3 is 5.76 Å². The van der Waals surface area contributed by atoms with Crippen molar-refractivity contribution in [3.63, 3.8) is 0 Å². The van der Waals surface area contributed by atoms with E-state index in [0.29, 0.717) is 23.5 Å². The zero-order chi connectivity index (χ0) is 21.4. The van der Waals surface area contributed by atoms with Crippen molar-refractivity contribution in [1.29, 1.82) is 0 Å². The molecule has 156 valence electrons. The van der Waals surface area contributed by atoms with Crippen LogP contribution in [0.3, 0.4) is 0 Å². The first-order valence-electron chi connectivity index (χ1n) is 9.39. The number of rotatable bonds is 5. The molecule has 4 heterocycles. The van der Waals surface area contributed by atoms with Crippen LogP contribution in [0.4, 0.5) is 4.39 Å². The van der Waals surface area contributed by atoms with E-state index in [4.69, 9.17) is 8.83 Å². The summed E-state index contributed by atoms with van der Waals surface area (Å²) in [6.45, 7) is -0.347. The Kier molecular flexibility index (Phi) is 4.83. The Bertz CT molecular complexity index is 1290. The Labute approximate surface area is 178 Å². The molecule has 0 aliphatic carbocycles. The van der Waals surface area contributed by atoms with Gasteiger partial charge in [-0.1, -0.05) is 6.07 Å². The van der Waals surface area contributed by atoms with Crippen molar-refractivity contribution in [2.45, 2.75) is 19.0 Å². The van der Waals surface area contributed by atoms with E-state index in [1.165, 1.54) is 40.6 Å². The quantitative estimate of drug-likeness (QED) is 0.474. The van der Waals surface area contributed by atoms with E-state index in [1.54, 1.807) is 18.4 Å². The van der Waals surface area contributed by atoms with Crippen molar-refractivity contribution < 1.29 is 18.0 Å². The number of hydrogen-bond acceptors (Lipinski definition) is 7. The van der Waals surface area contributed by atoms with Crippen LogP contribution in [-0.4, -0.2) is 26.4 Å². The Hall–Kier alpha value is -3.79. The van der Waals surface area contributed by atoms with Gasteiger partial charge in [0.2, 0.25) is 5.89 Å². The molecular formula is C21H15FN4O4S. The van der Waals surface area contributed by atoms with Gasteiger partial charge in [-0.25, -0.2) is 14.2 Å². The molecule has 3 aromatic heterocycles. The maximum atomic E-state index is 13.1. The largest absolute Gasteiger partial charge is 0.463 e. The molecule has 8 nitrogen and oxygen atoms in total. The lowest BCUT2D eigenvalue weighted by Crippen LogP contribution is -2.33. The molecule has 1 atom stereocenters. The SMILES string of the molecule is O=C(Cn1nc(-c2ccc(F)cc2)oc1=O)N1N=C(c2ccco2)C[C@@H]1c1cccs1. The normalized spacial score (nSPS) is 16.0. The fraction of sp³-hybridized carbons (Fsp3) is 0.143. The number of amides is 1. The van der Waals surface area contributed by atoms with Crippen LogP contribution in [0.5, 0.6) is 0 Å². The molecule has 0 spiro atoms. The summed E-state index contributed by atoms with van der Waals surface area (Å²) in [5, 5.41) is 11.8. The van der Waals surface area contributed by atoms with Crippen LogP contribution in [0.2, 0.25) is 0 Å². The van der Waals surface area contributed by atoms with Gasteiger partial charge in [-0.15, -0.1) is 16.4 Å². The van der Waals surface area contributed by atoms with Crippen LogP contribution in [0.15, 0.2) is 78.9 Å². The summed E-state index contributed by atoms with van der Waals surface area (Å²) in [7, 11) is 0. The molecule has 0 saturated carbocycles. The number of nitrogens with zero attached hydrogens (tertiary/aromatic N) is 4. The Morgan fingerprint density at radius 1 is 1.19 bits per heavy atom. The van der Waals surface area contributed by atoms with Crippen LogP contribution < -0.4 is 5.76 Å². The van der Waals surface area contributed by atoms with E-state index >= 15 is 0 Å². The number of thiophene rings is 1. The summed E-state index contributed by atoms with van der Waals surface area (Å²) in [5.74, 6) is -1.02. The molecule has 0 radical (unpaired) electrons.